The van der Waals surface area contributed by atoms with Crippen LogP contribution in [-0.2, 0) is 6.54 Å². The Kier molecular flexibility index (Phi) is 4.80. The second-order valence-corrected chi connectivity index (χ2v) is 7.17. The Morgan fingerprint density at radius 2 is 2.00 bits per heavy atom. The van der Waals surface area contributed by atoms with Crippen LogP contribution >= 0.6 is 22.9 Å². The molecule has 4 nitrogen and oxygen atoms in total. The topological polar surface area (TPSA) is 51.0 Å². The van der Waals surface area contributed by atoms with Gasteiger partial charge in [-0.2, -0.15) is 0 Å². The highest BCUT2D eigenvalue weighted by molar-refractivity contribution is 7.12. The van der Waals surface area contributed by atoms with Crippen molar-refractivity contribution in [2.75, 3.05) is 0 Å². The molecule has 3 rings (SSSR count). The van der Waals surface area contributed by atoms with E-state index in [0.29, 0.717) is 6.54 Å². The van der Waals surface area contributed by atoms with Gasteiger partial charge in [0.1, 0.15) is 5.01 Å². The van der Waals surface area contributed by atoms with Crippen LogP contribution in [0.15, 0.2) is 34.9 Å². The molecule has 1 aromatic carbocycles. The molecule has 0 aliphatic rings. The van der Waals surface area contributed by atoms with Crippen molar-refractivity contribution in [1.82, 2.24) is 15.5 Å². The molecule has 23 heavy (non-hydrogen) atoms. The van der Waals surface area contributed by atoms with E-state index >= 15 is 0 Å². The second-order valence-electron chi connectivity index (χ2n) is 5.50. The van der Waals surface area contributed by atoms with Crippen molar-refractivity contribution in [1.29, 1.82) is 0 Å². The van der Waals surface area contributed by atoms with Crippen LogP contribution < -0.4 is 5.32 Å². The molecule has 2 heterocycles. The third-order valence-electron chi connectivity index (χ3n) is 3.56. The minimum Gasteiger partial charge on any atom is -0.360 e. The quantitative estimate of drug-likeness (QED) is 0.711. The number of aryl methyl sites for hydroxylation is 2. The summed E-state index contributed by atoms with van der Waals surface area (Å²) in [5.41, 5.74) is 3.00. The van der Waals surface area contributed by atoms with E-state index in [1.807, 2.05) is 37.3 Å². The average molecular weight is 348 g/mol. The van der Waals surface area contributed by atoms with E-state index in [9.17, 15) is 0 Å². The van der Waals surface area contributed by atoms with E-state index in [2.05, 4.69) is 24.3 Å². The van der Waals surface area contributed by atoms with Gasteiger partial charge in [0.05, 0.1) is 24.0 Å². The number of rotatable bonds is 5. The molecule has 6 heteroatoms. The molecular formula is C17H18ClN3OS. The van der Waals surface area contributed by atoms with Crippen molar-refractivity contribution in [3.8, 4) is 11.3 Å². The van der Waals surface area contributed by atoms with Gasteiger partial charge in [0.25, 0.3) is 0 Å². The maximum absolute atomic E-state index is 5.95. The molecule has 120 valence electrons. The zero-order chi connectivity index (χ0) is 16.4. The van der Waals surface area contributed by atoms with Crippen LogP contribution in [-0.4, -0.2) is 10.1 Å². The Balaban J connectivity index is 1.73. The largest absolute Gasteiger partial charge is 0.360 e. The highest BCUT2D eigenvalue weighted by atomic mass is 35.5. The van der Waals surface area contributed by atoms with Gasteiger partial charge in [-0.1, -0.05) is 28.9 Å². The van der Waals surface area contributed by atoms with Crippen LogP contribution in [0, 0.1) is 13.8 Å². The van der Waals surface area contributed by atoms with Crippen molar-refractivity contribution in [2.45, 2.75) is 33.4 Å². The van der Waals surface area contributed by atoms with Crippen LogP contribution in [0.3, 0.4) is 0 Å². The third-order valence-corrected chi connectivity index (χ3v) is 4.97. The van der Waals surface area contributed by atoms with Crippen molar-refractivity contribution in [3.63, 3.8) is 0 Å². The van der Waals surface area contributed by atoms with Crippen molar-refractivity contribution in [2.24, 2.45) is 0 Å². The summed E-state index contributed by atoms with van der Waals surface area (Å²) in [5, 5.41) is 9.11. The first kappa shape index (κ1) is 16.2. The number of benzene rings is 1. The smallest absolute Gasteiger partial charge is 0.150 e. The fraction of sp³-hybridized carbons (Fsp3) is 0.294. The van der Waals surface area contributed by atoms with E-state index in [0.717, 1.165) is 32.7 Å². The molecule has 0 bridgehead atoms. The second kappa shape index (κ2) is 6.83. The third kappa shape index (κ3) is 3.80. The van der Waals surface area contributed by atoms with E-state index in [4.69, 9.17) is 21.1 Å². The van der Waals surface area contributed by atoms with Crippen LogP contribution in [0.2, 0.25) is 5.02 Å². The standard InChI is InChI=1S/C17H18ClN3OS/c1-10-8-15(22-21-10)9-19-11(2)17-20-16(12(3)23-17)13-4-6-14(18)7-5-13/h4-8,11,19H,9H2,1-3H3. The summed E-state index contributed by atoms with van der Waals surface area (Å²) in [7, 11) is 0. The van der Waals surface area contributed by atoms with Gasteiger partial charge in [-0.15, -0.1) is 11.3 Å². The van der Waals surface area contributed by atoms with E-state index < -0.39 is 0 Å². The van der Waals surface area contributed by atoms with Gasteiger partial charge in [-0.25, -0.2) is 4.98 Å². The summed E-state index contributed by atoms with van der Waals surface area (Å²) in [5.74, 6) is 0.834. The predicted octanol–water partition coefficient (Wildman–Crippen LogP) is 4.92. The Morgan fingerprint density at radius 3 is 2.65 bits per heavy atom. The summed E-state index contributed by atoms with van der Waals surface area (Å²) in [6, 6.07) is 9.87. The lowest BCUT2D eigenvalue weighted by Crippen LogP contribution is -2.17. The van der Waals surface area contributed by atoms with Gasteiger partial charge in [0.15, 0.2) is 5.76 Å². The number of thiazole rings is 1. The number of nitrogens with zero attached hydrogens (tertiary/aromatic N) is 2. The van der Waals surface area contributed by atoms with E-state index in [1.54, 1.807) is 11.3 Å². The highest BCUT2D eigenvalue weighted by Crippen LogP contribution is 2.31. The van der Waals surface area contributed by atoms with Gasteiger partial charge in [0.2, 0.25) is 0 Å². The molecule has 1 atom stereocenters. The van der Waals surface area contributed by atoms with Crippen LogP contribution in [0.1, 0.15) is 34.3 Å². The molecule has 1 N–H and O–H groups in total. The van der Waals surface area contributed by atoms with Crippen LogP contribution in [0.25, 0.3) is 11.3 Å². The number of halogens is 1. The van der Waals surface area contributed by atoms with Gasteiger partial charge >= 0.3 is 0 Å². The minimum absolute atomic E-state index is 0.144. The Hall–Kier alpha value is -1.69. The summed E-state index contributed by atoms with van der Waals surface area (Å²) in [6.07, 6.45) is 0. The molecule has 0 amide bonds. The highest BCUT2D eigenvalue weighted by Gasteiger charge is 2.15. The summed E-state index contributed by atoms with van der Waals surface area (Å²) in [4.78, 5) is 5.99. The first-order valence-corrected chi connectivity index (χ1v) is 8.61. The Morgan fingerprint density at radius 1 is 1.26 bits per heavy atom. The molecule has 0 fully saturated rings. The summed E-state index contributed by atoms with van der Waals surface area (Å²) in [6.45, 7) is 6.75. The maximum atomic E-state index is 5.95. The molecule has 0 aliphatic heterocycles. The first-order chi connectivity index (χ1) is 11.0. The molecular weight excluding hydrogens is 330 g/mol. The molecule has 3 aromatic rings. The SMILES string of the molecule is Cc1cc(CNC(C)c2nc(-c3ccc(Cl)cc3)c(C)s2)on1. The van der Waals surface area contributed by atoms with Gasteiger partial charge in [0, 0.05) is 21.5 Å². The summed E-state index contributed by atoms with van der Waals surface area (Å²) < 4.78 is 5.22. The fourth-order valence-corrected chi connectivity index (χ4v) is 3.42. The zero-order valence-corrected chi connectivity index (χ0v) is 14.8. The zero-order valence-electron chi connectivity index (χ0n) is 13.3. The lowest BCUT2D eigenvalue weighted by molar-refractivity contribution is 0.363. The maximum Gasteiger partial charge on any atom is 0.150 e. The number of hydrogen-bond donors (Lipinski definition) is 1. The molecule has 0 spiro atoms. The van der Waals surface area contributed by atoms with E-state index in [-0.39, 0.29) is 6.04 Å². The first-order valence-electron chi connectivity index (χ1n) is 7.42. The molecule has 1 unspecified atom stereocenters. The summed E-state index contributed by atoms with van der Waals surface area (Å²) >= 11 is 7.66. The molecule has 0 radical (unpaired) electrons. The van der Waals surface area contributed by atoms with Crippen molar-refractivity contribution in [3.05, 3.63) is 56.7 Å². The van der Waals surface area contributed by atoms with Gasteiger partial charge in [-0.3, -0.25) is 0 Å². The lowest BCUT2D eigenvalue weighted by atomic mass is 10.1. The monoisotopic (exact) mass is 347 g/mol. The molecule has 0 saturated carbocycles. The average Bonchev–Trinajstić information content (AvgIpc) is 3.12. The predicted molar refractivity (Wildman–Crippen MR) is 93.8 cm³/mol. The van der Waals surface area contributed by atoms with Gasteiger partial charge in [-0.05, 0) is 32.9 Å². The van der Waals surface area contributed by atoms with Crippen LogP contribution in [0.4, 0.5) is 0 Å². The Labute approximate surface area is 144 Å². The number of nitrogens with one attached hydrogen (secondary N) is 1. The normalized spacial score (nSPS) is 12.5. The Bertz CT molecular complexity index is 795. The lowest BCUT2D eigenvalue weighted by Gasteiger charge is -2.08. The number of aromatic nitrogens is 2. The molecule has 0 saturated heterocycles. The fourth-order valence-electron chi connectivity index (χ4n) is 2.32. The number of hydrogen-bond acceptors (Lipinski definition) is 5. The van der Waals surface area contributed by atoms with Crippen molar-refractivity contribution >= 4 is 22.9 Å². The molecule has 2 aromatic heterocycles. The molecule has 0 aliphatic carbocycles. The van der Waals surface area contributed by atoms with Gasteiger partial charge < -0.3 is 9.84 Å². The minimum atomic E-state index is 0.144. The van der Waals surface area contributed by atoms with Crippen molar-refractivity contribution < 1.29 is 4.52 Å². The van der Waals surface area contributed by atoms with Crippen LogP contribution in [0.5, 0.6) is 0 Å². The van der Waals surface area contributed by atoms with E-state index in [1.165, 1.54) is 4.88 Å².